The fourth-order valence-corrected chi connectivity index (χ4v) is 0.666. The van der Waals surface area contributed by atoms with Crippen molar-refractivity contribution in [1.82, 2.24) is 5.32 Å². The highest BCUT2D eigenvalue weighted by Crippen LogP contribution is 1.82. The Morgan fingerprint density at radius 2 is 2.00 bits per heavy atom. The minimum atomic E-state index is 0.575. The molecular formula is C8H17N3O. The third kappa shape index (κ3) is 4.85. The van der Waals surface area contributed by atoms with Gasteiger partial charge in [-0.1, -0.05) is 12.1 Å². The van der Waals surface area contributed by atoms with Crippen LogP contribution in [0.5, 0.6) is 0 Å². The minimum Gasteiger partial charge on any atom is -0.411 e. The summed E-state index contributed by atoms with van der Waals surface area (Å²) in [4.78, 5) is 4.20. The number of hydrogen-bond donors (Lipinski definition) is 2. The summed E-state index contributed by atoms with van der Waals surface area (Å²) >= 11 is 0. The van der Waals surface area contributed by atoms with Crippen molar-refractivity contribution in [3.05, 3.63) is 0 Å². The third-order valence-electron chi connectivity index (χ3n) is 1.56. The zero-order valence-electron chi connectivity index (χ0n) is 7.96. The molecular weight excluding hydrogens is 154 g/mol. The fourth-order valence-electron chi connectivity index (χ4n) is 0.666. The SMILES string of the molecule is CCNCCN=C(C)C(C)=NO. The van der Waals surface area contributed by atoms with Gasteiger partial charge in [-0.05, 0) is 20.4 Å². The summed E-state index contributed by atoms with van der Waals surface area (Å²) in [7, 11) is 0. The average Bonchev–Trinajstić information content (AvgIpc) is 2.10. The van der Waals surface area contributed by atoms with Gasteiger partial charge in [0.2, 0.25) is 0 Å². The first-order valence-corrected chi connectivity index (χ1v) is 4.13. The number of nitrogens with zero attached hydrogens (tertiary/aromatic N) is 2. The van der Waals surface area contributed by atoms with Gasteiger partial charge >= 0.3 is 0 Å². The van der Waals surface area contributed by atoms with Gasteiger partial charge < -0.3 is 10.5 Å². The molecule has 0 aliphatic carbocycles. The largest absolute Gasteiger partial charge is 0.411 e. The van der Waals surface area contributed by atoms with Crippen molar-refractivity contribution in [1.29, 1.82) is 0 Å². The van der Waals surface area contributed by atoms with Crippen molar-refractivity contribution in [2.45, 2.75) is 20.8 Å². The molecule has 70 valence electrons. The molecule has 0 heterocycles. The minimum absolute atomic E-state index is 0.575. The number of oxime groups is 1. The first-order chi connectivity index (χ1) is 5.72. The number of likely N-dealkylation sites (N-methyl/N-ethyl adjacent to an activating group) is 1. The highest BCUT2D eigenvalue weighted by Gasteiger charge is 1.94. The van der Waals surface area contributed by atoms with E-state index in [4.69, 9.17) is 5.21 Å². The Labute approximate surface area is 73.4 Å². The maximum atomic E-state index is 8.40. The average molecular weight is 171 g/mol. The number of aliphatic imine (C=N–C) groups is 1. The van der Waals surface area contributed by atoms with Crippen LogP contribution in [0.3, 0.4) is 0 Å². The highest BCUT2D eigenvalue weighted by atomic mass is 16.4. The quantitative estimate of drug-likeness (QED) is 0.279. The highest BCUT2D eigenvalue weighted by molar-refractivity contribution is 6.40. The molecule has 0 aromatic heterocycles. The van der Waals surface area contributed by atoms with Crippen molar-refractivity contribution in [2.24, 2.45) is 10.1 Å². The van der Waals surface area contributed by atoms with E-state index in [2.05, 4.69) is 22.4 Å². The Morgan fingerprint density at radius 3 is 2.50 bits per heavy atom. The summed E-state index contributed by atoms with van der Waals surface area (Å²) in [6.07, 6.45) is 0. The number of hydrogen-bond acceptors (Lipinski definition) is 4. The lowest BCUT2D eigenvalue weighted by atomic mass is 10.3. The fraction of sp³-hybridized carbons (Fsp3) is 0.750. The van der Waals surface area contributed by atoms with Crippen molar-refractivity contribution in [2.75, 3.05) is 19.6 Å². The van der Waals surface area contributed by atoms with Crippen LogP contribution in [0.2, 0.25) is 0 Å². The molecule has 0 aliphatic heterocycles. The van der Waals surface area contributed by atoms with E-state index in [9.17, 15) is 0 Å². The second-order valence-electron chi connectivity index (χ2n) is 2.51. The molecule has 0 aliphatic rings. The summed E-state index contributed by atoms with van der Waals surface area (Å²) in [6, 6.07) is 0. The molecule has 0 atom stereocenters. The topological polar surface area (TPSA) is 57.0 Å². The number of rotatable bonds is 5. The molecule has 0 fully saturated rings. The summed E-state index contributed by atoms with van der Waals surface area (Å²) in [5.41, 5.74) is 1.36. The zero-order valence-corrected chi connectivity index (χ0v) is 7.96. The van der Waals surface area contributed by atoms with Crippen LogP contribution in [-0.4, -0.2) is 36.3 Å². The van der Waals surface area contributed by atoms with Crippen LogP contribution in [0.4, 0.5) is 0 Å². The van der Waals surface area contributed by atoms with Crippen LogP contribution in [0.25, 0.3) is 0 Å². The van der Waals surface area contributed by atoms with E-state index in [1.165, 1.54) is 0 Å². The van der Waals surface area contributed by atoms with Crippen LogP contribution < -0.4 is 5.32 Å². The van der Waals surface area contributed by atoms with Gasteiger partial charge in [-0.15, -0.1) is 0 Å². The normalized spacial score (nSPS) is 13.6. The molecule has 4 nitrogen and oxygen atoms in total. The Bertz CT molecular complexity index is 175. The first kappa shape index (κ1) is 11.1. The lowest BCUT2D eigenvalue weighted by Crippen LogP contribution is -2.18. The van der Waals surface area contributed by atoms with E-state index in [0.29, 0.717) is 5.71 Å². The predicted octanol–water partition coefficient (Wildman–Crippen LogP) is 0.907. The Morgan fingerprint density at radius 1 is 1.33 bits per heavy atom. The lowest BCUT2D eigenvalue weighted by molar-refractivity contribution is 0.320. The second-order valence-corrected chi connectivity index (χ2v) is 2.51. The Kier molecular flexibility index (Phi) is 6.28. The smallest absolute Gasteiger partial charge is 0.0971 e. The van der Waals surface area contributed by atoms with Gasteiger partial charge in [0.25, 0.3) is 0 Å². The number of nitrogens with one attached hydrogen (secondary N) is 1. The summed E-state index contributed by atoms with van der Waals surface area (Å²) < 4.78 is 0. The summed E-state index contributed by atoms with van der Waals surface area (Å²) in [6.45, 7) is 8.17. The van der Waals surface area contributed by atoms with Crippen molar-refractivity contribution in [3.8, 4) is 0 Å². The third-order valence-corrected chi connectivity index (χ3v) is 1.56. The van der Waals surface area contributed by atoms with Crippen LogP contribution in [-0.2, 0) is 0 Å². The molecule has 0 bridgehead atoms. The Balaban J connectivity index is 3.69. The van der Waals surface area contributed by atoms with Crippen molar-refractivity contribution >= 4 is 11.4 Å². The van der Waals surface area contributed by atoms with E-state index < -0.39 is 0 Å². The van der Waals surface area contributed by atoms with Gasteiger partial charge in [-0.25, -0.2) is 0 Å². The van der Waals surface area contributed by atoms with E-state index in [1.54, 1.807) is 6.92 Å². The van der Waals surface area contributed by atoms with Crippen molar-refractivity contribution in [3.63, 3.8) is 0 Å². The molecule has 2 N–H and O–H groups in total. The van der Waals surface area contributed by atoms with Crippen LogP contribution in [0, 0.1) is 0 Å². The van der Waals surface area contributed by atoms with E-state index in [-0.39, 0.29) is 0 Å². The van der Waals surface area contributed by atoms with Gasteiger partial charge in [-0.3, -0.25) is 4.99 Å². The Hall–Kier alpha value is -0.900. The zero-order chi connectivity index (χ0) is 9.40. The van der Waals surface area contributed by atoms with Gasteiger partial charge in [0.1, 0.15) is 0 Å². The summed E-state index contributed by atoms with van der Waals surface area (Å²) in [5.74, 6) is 0. The van der Waals surface area contributed by atoms with Gasteiger partial charge in [0, 0.05) is 6.54 Å². The molecule has 0 spiro atoms. The standard InChI is InChI=1S/C8H17N3O/c1-4-9-5-6-10-7(2)8(3)11-12/h9,12H,4-6H2,1-3H3. The van der Waals surface area contributed by atoms with Crippen molar-refractivity contribution < 1.29 is 5.21 Å². The maximum absolute atomic E-state index is 8.40. The first-order valence-electron chi connectivity index (χ1n) is 4.13. The van der Waals surface area contributed by atoms with E-state index >= 15 is 0 Å². The molecule has 0 amide bonds. The molecule has 0 aromatic carbocycles. The molecule has 0 radical (unpaired) electrons. The summed E-state index contributed by atoms with van der Waals surface area (Å²) in [5, 5.41) is 14.6. The van der Waals surface area contributed by atoms with Gasteiger partial charge in [0.15, 0.2) is 0 Å². The molecule has 0 saturated carbocycles. The lowest BCUT2D eigenvalue weighted by Gasteiger charge is -1.99. The van der Waals surface area contributed by atoms with Crippen LogP contribution in [0.1, 0.15) is 20.8 Å². The van der Waals surface area contributed by atoms with Gasteiger partial charge in [-0.2, -0.15) is 0 Å². The van der Waals surface area contributed by atoms with Gasteiger partial charge in [0.05, 0.1) is 18.0 Å². The molecule has 0 rings (SSSR count). The predicted molar refractivity (Wildman–Crippen MR) is 51.4 cm³/mol. The molecule has 0 aromatic rings. The van der Waals surface area contributed by atoms with Crippen LogP contribution >= 0.6 is 0 Å². The van der Waals surface area contributed by atoms with E-state index in [0.717, 1.165) is 25.3 Å². The second kappa shape index (κ2) is 6.79. The molecule has 0 saturated heterocycles. The monoisotopic (exact) mass is 171 g/mol. The molecule has 12 heavy (non-hydrogen) atoms. The van der Waals surface area contributed by atoms with E-state index in [1.807, 2.05) is 6.92 Å². The van der Waals surface area contributed by atoms with Crippen LogP contribution in [0.15, 0.2) is 10.1 Å². The molecule has 0 unspecified atom stereocenters. The maximum Gasteiger partial charge on any atom is 0.0971 e. The molecule has 4 heteroatoms.